The van der Waals surface area contributed by atoms with Crippen molar-refractivity contribution in [2.75, 3.05) is 6.54 Å². The zero-order valence-electron chi connectivity index (χ0n) is 31.7. The van der Waals surface area contributed by atoms with E-state index in [1.807, 2.05) is 76.2 Å². The van der Waals surface area contributed by atoms with Crippen LogP contribution in [0.25, 0.3) is 0 Å². The molecule has 4 atom stereocenters. The van der Waals surface area contributed by atoms with Crippen LogP contribution in [0.2, 0.25) is 0 Å². The molecule has 1 aliphatic heterocycles. The SMILES string of the molecule is Cc1cccc(C)c1C[C@H](NC(=O)[C@@H]1CCCN1C(=O)[C@H](Cc1c(C)cc(O)cc1C)NC(=O)OC(C)(C)C)C(=O)N[C@@H](Cc1ccccc1)C(N)=O. The number of hydrogen-bond donors (Lipinski definition) is 5. The molecule has 1 aliphatic rings. The molecule has 6 N–H and O–H groups in total. The average molecular weight is 728 g/mol. The fourth-order valence-corrected chi connectivity index (χ4v) is 6.85. The largest absolute Gasteiger partial charge is 0.508 e. The summed E-state index contributed by atoms with van der Waals surface area (Å²) in [5, 5.41) is 18.5. The number of aryl methyl sites for hydroxylation is 4. The van der Waals surface area contributed by atoms with E-state index in [0.29, 0.717) is 12.8 Å². The first kappa shape index (κ1) is 40.4. The van der Waals surface area contributed by atoms with Crippen LogP contribution in [0.1, 0.15) is 72.6 Å². The molecule has 0 spiro atoms. The molecule has 0 bridgehead atoms. The van der Waals surface area contributed by atoms with E-state index in [4.69, 9.17) is 10.5 Å². The first-order chi connectivity index (χ1) is 24.9. The van der Waals surface area contributed by atoms with Gasteiger partial charge in [-0.25, -0.2) is 4.79 Å². The lowest BCUT2D eigenvalue weighted by Gasteiger charge is -2.31. The number of aromatic hydroxyl groups is 1. The minimum Gasteiger partial charge on any atom is -0.508 e. The molecule has 0 unspecified atom stereocenters. The first-order valence-electron chi connectivity index (χ1n) is 18.0. The number of amides is 5. The van der Waals surface area contributed by atoms with Crippen molar-refractivity contribution in [3.8, 4) is 5.75 Å². The maximum Gasteiger partial charge on any atom is 0.408 e. The van der Waals surface area contributed by atoms with E-state index in [1.54, 1.807) is 32.9 Å². The highest BCUT2D eigenvalue weighted by atomic mass is 16.6. The molecule has 12 heteroatoms. The second kappa shape index (κ2) is 17.4. The van der Waals surface area contributed by atoms with Crippen LogP contribution in [0, 0.1) is 27.7 Å². The second-order valence-corrected chi connectivity index (χ2v) is 14.9. The molecule has 4 rings (SSSR count). The van der Waals surface area contributed by atoms with Gasteiger partial charge in [-0.05, 0) is 112 Å². The highest BCUT2D eigenvalue weighted by molar-refractivity contribution is 5.95. The molecule has 0 radical (unpaired) electrons. The number of benzene rings is 3. The van der Waals surface area contributed by atoms with Gasteiger partial charge in [0.2, 0.25) is 23.6 Å². The highest BCUT2D eigenvalue weighted by Crippen LogP contribution is 2.25. The molecule has 0 aromatic heterocycles. The number of primary amides is 1. The Bertz CT molecular complexity index is 1780. The fourth-order valence-electron chi connectivity index (χ4n) is 6.85. The number of ether oxygens (including phenoxy) is 1. The van der Waals surface area contributed by atoms with Gasteiger partial charge in [0.1, 0.15) is 35.5 Å². The van der Waals surface area contributed by atoms with Gasteiger partial charge < -0.3 is 36.4 Å². The van der Waals surface area contributed by atoms with Gasteiger partial charge in [0.15, 0.2) is 0 Å². The Morgan fingerprint density at radius 2 is 1.38 bits per heavy atom. The van der Waals surface area contributed by atoms with Gasteiger partial charge in [0.05, 0.1) is 0 Å². The van der Waals surface area contributed by atoms with Crippen LogP contribution in [0.3, 0.4) is 0 Å². The van der Waals surface area contributed by atoms with Gasteiger partial charge in [0.25, 0.3) is 0 Å². The van der Waals surface area contributed by atoms with Crippen molar-refractivity contribution in [1.82, 2.24) is 20.9 Å². The summed E-state index contributed by atoms with van der Waals surface area (Å²) < 4.78 is 5.50. The van der Waals surface area contributed by atoms with Crippen molar-refractivity contribution in [1.29, 1.82) is 0 Å². The number of alkyl carbamates (subject to hydrolysis) is 1. The molecule has 53 heavy (non-hydrogen) atoms. The zero-order valence-corrected chi connectivity index (χ0v) is 31.7. The topological polar surface area (TPSA) is 180 Å². The molecule has 3 aromatic carbocycles. The summed E-state index contributed by atoms with van der Waals surface area (Å²) in [6, 6.07) is 14.0. The van der Waals surface area contributed by atoms with Crippen molar-refractivity contribution >= 4 is 29.7 Å². The smallest absolute Gasteiger partial charge is 0.408 e. The monoisotopic (exact) mass is 727 g/mol. The summed E-state index contributed by atoms with van der Waals surface area (Å²) in [5.41, 5.74) is 10.7. The minimum atomic E-state index is -1.10. The summed E-state index contributed by atoms with van der Waals surface area (Å²) in [5.74, 6) is -2.22. The molecule has 1 fully saturated rings. The first-order valence-corrected chi connectivity index (χ1v) is 18.0. The number of nitrogens with one attached hydrogen (secondary N) is 3. The number of nitrogens with two attached hydrogens (primary N) is 1. The summed E-state index contributed by atoms with van der Waals surface area (Å²) in [6.07, 6.45) is 0.473. The molecular weight excluding hydrogens is 674 g/mol. The van der Waals surface area contributed by atoms with Gasteiger partial charge in [-0.2, -0.15) is 0 Å². The second-order valence-electron chi connectivity index (χ2n) is 14.9. The molecule has 0 saturated carbocycles. The Morgan fingerprint density at radius 1 is 0.792 bits per heavy atom. The van der Waals surface area contributed by atoms with Crippen LogP contribution >= 0.6 is 0 Å². The number of phenols is 1. The van der Waals surface area contributed by atoms with Crippen molar-refractivity contribution in [3.05, 3.63) is 99.6 Å². The van der Waals surface area contributed by atoms with Gasteiger partial charge >= 0.3 is 6.09 Å². The van der Waals surface area contributed by atoms with Gasteiger partial charge in [-0.3, -0.25) is 19.2 Å². The van der Waals surface area contributed by atoms with Gasteiger partial charge in [-0.1, -0.05) is 48.5 Å². The lowest BCUT2D eigenvalue weighted by Crippen LogP contribution is -2.58. The van der Waals surface area contributed by atoms with E-state index in [0.717, 1.165) is 38.9 Å². The Kier molecular flexibility index (Phi) is 13.3. The summed E-state index contributed by atoms with van der Waals surface area (Å²) in [7, 11) is 0. The third-order valence-electron chi connectivity index (χ3n) is 9.54. The van der Waals surface area contributed by atoms with Crippen molar-refractivity contribution in [2.45, 2.75) is 110 Å². The van der Waals surface area contributed by atoms with Gasteiger partial charge in [0, 0.05) is 25.8 Å². The van der Waals surface area contributed by atoms with Crippen molar-refractivity contribution < 1.29 is 33.8 Å². The maximum absolute atomic E-state index is 14.3. The van der Waals surface area contributed by atoms with Crippen molar-refractivity contribution in [3.63, 3.8) is 0 Å². The Balaban J connectivity index is 1.61. The van der Waals surface area contributed by atoms with E-state index in [2.05, 4.69) is 16.0 Å². The van der Waals surface area contributed by atoms with Crippen LogP contribution in [-0.2, 0) is 43.2 Å². The molecule has 5 amide bonds. The van der Waals surface area contributed by atoms with E-state index in [-0.39, 0.29) is 31.6 Å². The zero-order chi connectivity index (χ0) is 39.0. The minimum absolute atomic E-state index is 0.0877. The quantitative estimate of drug-likeness (QED) is 0.177. The normalized spacial score (nSPS) is 15.9. The molecule has 284 valence electrons. The van der Waals surface area contributed by atoms with Crippen LogP contribution < -0.4 is 21.7 Å². The molecule has 1 heterocycles. The highest BCUT2D eigenvalue weighted by Gasteiger charge is 2.40. The molecule has 3 aromatic rings. The predicted octanol–water partition coefficient (Wildman–Crippen LogP) is 3.99. The van der Waals surface area contributed by atoms with Crippen molar-refractivity contribution in [2.24, 2.45) is 5.73 Å². The number of nitrogens with zero attached hydrogens (tertiary/aromatic N) is 1. The number of carbonyl (C=O) groups excluding carboxylic acids is 5. The molecule has 1 saturated heterocycles. The summed E-state index contributed by atoms with van der Waals surface area (Å²) >= 11 is 0. The molecule has 12 nitrogen and oxygen atoms in total. The fraction of sp³-hybridized carbons (Fsp3) is 0.439. The number of likely N-dealkylation sites (tertiary alicyclic amines) is 1. The van der Waals surface area contributed by atoms with E-state index in [1.165, 1.54) is 4.90 Å². The summed E-state index contributed by atoms with van der Waals surface area (Å²) in [4.78, 5) is 69.5. The molecule has 0 aliphatic carbocycles. The van der Waals surface area contributed by atoms with E-state index < -0.39 is 59.5 Å². The third kappa shape index (κ3) is 11.1. The van der Waals surface area contributed by atoms with E-state index >= 15 is 0 Å². The van der Waals surface area contributed by atoms with E-state index in [9.17, 15) is 29.1 Å². The standard InChI is InChI=1S/C41H53N5O7/c1-24-13-11-14-25(2)30(24)22-33(37(49)43-32(36(42)48)21-28-15-9-8-10-16-28)44-38(50)35-17-12-18-46(35)39(51)34(45-40(52)53-41(5,6)7)23-31-26(3)19-29(47)20-27(31)4/h8-11,13-16,19-20,32-35,47H,12,17-18,21-23H2,1-7H3,(H2,42,48)(H,43,49)(H,44,50)(H,45,52)/t32-,33-,34-,35-/m0/s1. The number of carbonyl (C=O) groups is 5. The lowest BCUT2D eigenvalue weighted by atomic mass is 9.95. The van der Waals surface area contributed by atoms with Crippen LogP contribution in [0.5, 0.6) is 5.75 Å². The number of rotatable bonds is 13. The van der Waals surface area contributed by atoms with Gasteiger partial charge in [-0.15, -0.1) is 0 Å². The Hall–Kier alpha value is -5.39. The maximum atomic E-state index is 14.3. The number of hydrogen-bond acceptors (Lipinski definition) is 7. The average Bonchev–Trinajstić information content (AvgIpc) is 3.56. The summed E-state index contributed by atoms with van der Waals surface area (Å²) in [6.45, 7) is 12.9. The molecular formula is C41H53N5O7. The van der Waals surface area contributed by atoms with Crippen LogP contribution in [0.4, 0.5) is 4.79 Å². The number of phenolic OH excluding ortho intramolecular Hbond substituents is 1. The van der Waals surface area contributed by atoms with Crippen LogP contribution in [-0.4, -0.2) is 76.0 Å². The van der Waals surface area contributed by atoms with Crippen LogP contribution in [0.15, 0.2) is 60.7 Å². The lowest BCUT2D eigenvalue weighted by molar-refractivity contribution is -0.141. The predicted molar refractivity (Wildman–Crippen MR) is 202 cm³/mol. The Labute approximate surface area is 311 Å². The third-order valence-corrected chi connectivity index (χ3v) is 9.54. The Morgan fingerprint density at radius 3 is 1.96 bits per heavy atom.